The third-order valence-corrected chi connectivity index (χ3v) is 3.88. The Hall–Kier alpha value is -1.98. The molecule has 1 amide bonds. The molecule has 6 nitrogen and oxygen atoms in total. The highest BCUT2D eigenvalue weighted by molar-refractivity contribution is 5.95. The molecule has 1 aliphatic rings. The van der Waals surface area contributed by atoms with E-state index in [0.717, 1.165) is 25.7 Å². The maximum absolute atomic E-state index is 12.2. The van der Waals surface area contributed by atoms with Crippen LogP contribution in [0.15, 0.2) is 12.3 Å². The van der Waals surface area contributed by atoms with E-state index in [1.807, 2.05) is 0 Å². The number of carbonyl (C=O) groups is 1. The Balaban J connectivity index is 2.08. The van der Waals surface area contributed by atoms with Gasteiger partial charge in [-0.05, 0) is 38.5 Å². The van der Waals surface area contributed by atoms with Crippen molar-refractivity contribution in [3.63, 3.8) is 0 Å². The number of nitrogens with zero attached hydrogens (tertiary/aromatic N) is 2. The molecule has 6 heteroatoms. The van der Waals surface area contributed by atoms with E-state index in [1.54, 1.807) is 6.92 Å². The van der Waals surface area contributed by atoms with E-state index in [1.165, 1.54) is 12.3 Å². The first-order valence-electron chi connectivity index (χ1n) is 6.89. The van der Waals surface area contributed by atoms with Crippen molar-refractivity contribution in [1.29, 1.82) is 0 Å². The first-order chi connectivity index (χ1) is 9.47. The Bertz CT molecular complexity index is 522. The van der Waals surface area contributed by atoms with Crippen molar-refractivity contribution < 1.29 is 9.72 Å². The molecule has 0 spiro atoms. The van der Waals surface area contributed by atoms with Crippen molar-refractivity contribution in [3.8, 4) is 0 Å². The average molecular weight is 277 g/mol. The maximum Gasteiger partial charge on any atom is 0.288 e. The molecule has 0 aromatic carbocycles. The highest BCUT2D eigenvalue weighted by atomic mass is 16.6. The molecule has 108 valence electrons. The predicted octanol–water partition coefficient (Wildman–Crippen LogP) is 2.61. The van der Waals surface area contributed by atoms with Gasteiger partial charge in [-0.25, -0.2) is 0 Å². The summed E-state index contributed by atoms with van der Waals surface area (Å²) >= 11 is 0. The summed E-state index contributed by atoms with van der Waals surface area (Å²) in [6, 6.07) is 1.46. The molecule has 0 atom stereocenters. The number of aryl methyl sites for hydroxylation is 1. The highest BCUT2D eigenvalue weighted by Gasteiger charge is 2.22. The van der Waals surface area contributed by atoms with Crippen LogP contribution >= 0.6 is 0 Å². The third-order valence-electron chi connectivity index (χ3n) is 3.88. The number of rotatable bonds is 3. The second-order valence-corrected chi connectivity index (χ2v) is 5.51. The molecule has 0 radical (unpaired) electrons. The molecule has 0 aliphatic heterocycles. The smallest absolute Gasteiger partial charge is 0.288 e. The fourth-order valence-electron chi connectivity index (χ4n) is 2.52. The van der Waals surface area contributed by atoms with Gasteiger partial charge >= 0.3 is 0 Å². The van der Waals surface area contributed by atoms with E-state index in [4.69, 9.17) is 0 Å². The van der Waals surface area contributed by atoms with Gasteiger partial charge in [0.1, 0.15) is 6.20 Å². The van der Waals surface area contributed by atoms with Crippen molar-refractivity contribution in [1.82, 2.24) is 10.3 Å². The maximum atomic E-state index is 12.2. The van der Waals surface area contributed by atoms with Crippen LogP contribution in [0, 0.1) is 23.0 Å². The minimum Gasteiger partial charge on any atom is -0.349 e. The van der Waals surface area contributed by atoms with Crippen LogP contribution in [0.1, 0.15) is 48.7 Å². The number of nitro groups is 1. The SMILES string of the molecule is Cc1ncc([N+](=O)[O-])cc1C(=O)NC1CCC(C)CC1. The van der Waals surface area contributed by atoms with E-state index in [-0.39, 0.29) is 23.2 Å². The largest absolute Gasteiger partial charge is 0.349 e. The van der Waals surface area contributed by atoms with Gasteiger partial charge in [-0.15, -0.1) is 0 Å². The number of hydrogen-bond donors (Lipinski definition) is 1. The Morgan fingerprint density at radius 1 is 1.40 bits per heavy atom. The van der Waals surface area contributed by atoms with Gasteiger partial charge in [0.2, 0.25) is 0 Å². The van der Waals surface area contributed by atoms with Crippen LogP contribution in [0.3, 0.4) is 0 Å². The highest BCUT2D eigenvalue weighted by Crippen LogP contribution is 2.24. The lowest BCUT2D eigenvalue weighted by Crippen LogP contribution is -2.37. The van der Waals surface area contributed by atoms with Crippen LogP contribution in [0.5, 0.6) is 0 Å². The first-order valence-corrected chi connectivity index (χ1v) is 6.89. The Labute approximate surface area is 117 Å². The van der Waals surface area contributed by atoms with Gasteiger partial charge in [0.05, 0.1) is 16.2 Å². The molecule has 1 aliphatic carbocycles. The van der Waals surface area contributed by atoms with Gasteiger partial charge in [0.15, 0.2) is 0 Å². The fourth-order valence-corrected chi connectivity index (χ4v) is 2.52. The standard InChI is InChI=1S/C14H19N3O3/c1-9-3-5-11(6-4-9)16-14(18)13-7-12(17(19)20)8-15-10(13)2/h7-9,11H,3-6H2,1-2H3,(H,16,18). The summed E-state index contributed by atoms with van der Waals surface area (Å²) in [7, 11) is 0. The van der Waals surface area contributed by atoms with Gasteiger partial charge in [-0.2, -0.15) is 0 Å². The average Bonchev–Trinajstić information content (AvgIpc) is 2.41. The summed E-state index contributed by atoms with van der Waals surface area (Å²) in [6.45, 7) is 3.90. The topological polar surface area (TPSA) is 85.1 Å². The minimum atomic E-state index is -0.536. The van der Waals surface area contributed by atoms with E-state index >= 15 is 0 Å². The van der Waals surface area contributed by atoms with Crippen LogP contribution in [0.4, 0.5) is 5.69 Å². The van der Waals surface area contributed by atoms with E-state index in [0.29, 0.717) is 11.6 Å². The second-order valence-electron chi connectivity index (χ2n) is 5.51. The molecule has 1 fully saturated rings. The third kappa shape index (κ3) is 3.31. The minimum absolute atomic E-state index is 0.155. The molecule has 1 aromatic heterocycles. The Morgan fingerprint density at radius 2 is 2.05 bits per heavy atom. The van der Waals surface area contributed by atoms with Gasteiger partial charge in [-0.1, -0.05) is 6.92 Å². The number of aromatic nitrogens is 1. The van der Waals surface area contributed by atoms with Crippen molar-refractivity contribution in [3.05, 3.63) is 33.6 Å². The Morgan fingerprint density at radius 3 is 2.65 bits per heavy atom. The van der Waals surface area contributed by atoms with E-state index < -0.39 is 4.92 Å². The summed E-state index contributed by atoms with van der Waals surface area (Å²) in [5.74, 6) is 0.447. The van der Waals surface area contributed by atoms with Crippen molar-refractivity contribution in [2.45, 2.75) is 45.6 Å². The van der Waals surface area contributed by atoms with Crippen LogP contribution in [0.2, 0.25) is 0 Å². The number of hydrogen-bond acceptors (Lipinski definition) is 4. The lowest BCUT2D eigenvalue weighted by molar-refractivity contribution is -0.385. The Kier molecular flexibility index (Phi) is 4.32. The summed E-state index contributed by atoms with van der Waals surface area (Å²) in [4.78, 5) is 26.4. The summed E-state index contributed by atoms with van der Waals surface area (Å²) in [6.07, 6.45) is 5.32. The van der Waals surface area contributed by atoms with Crippen LogP contribution in [-0.2, 0) is 0 Å². The van der Waals surface area contributed by atoms with Gasteiger partial charge < -0.3 is 5.32 Å². The number of amides is 1. The van der Waals surface area contributed by atoms with Crippen molar-refractivity contribution >= 4 is 11.6 Å². The van der Waals surface area contributed by atoms with Crippen LogP contribution in [0.25, 0.3) is 0 Å². The molecule has 0 saturated heterocycles. The molecule has 0 unspecified atom stereocenters. The molecule has 1 heterocycles. The van der Waals surface area contributed by atoms with Gasteiger partial charge in [0.25, 0.3) is 11.6 Å². The lowest BCUT2D eigenvalue weighted by atomic mass is 9.87. The zero-order chi connectivity index (χ0) is 14.7. The first kappa shape index (κ1) is 14.4. The molecule has 2 rings (SSSR count). The summed E-state index contributed by atoms with van der Waals surface area (Å²) in [5, 5.41) is 13.7. The molecular weight excluding hydrogens is 258 g/mol. The van der Waals surface area contributed by atoms with E-state index in [2.05, 4.69) is 17.2 Å². The number of pyridine rings is 1. The van der Waals surface area contributed by atoms with E-state index in [9.17, 15) is 14.9 Å². The number of nitrogens with one attached hydrogen (secondary N) is 1. The fraction of sp³-hybridized carbons (Fsp3) is 0.571. The zero-order valence-corrected chi connectivity index (χ0v) is 11.8. The molecular formula is C14H19N3O3. The predicted molar refractivity (Wildman–Crippen MR) is 74.5 cm³/mol. The lowest BCUT2D eigenvalue weighted by Gasteiger charge is -2.27. The molecule has 20 heavy (non-hydrogen) atoms. The second kappa shape index (κ2) is 5.98. The summed E-state index contributed by atoms with van der Waals surface area (Å²) in [5.41, 5.74) is 0.646. The normalized spacial score (nSPS) is 22.3. The molecule has 1 N–H and O–H groups in total. The van der Waals surface area contributed by atoms with Crippen LogP contribution < -0.4 is 5.32 Å². The molecule has 1 aromatic rings. The quantitative estimate of drug-likeness (QED) is 0.679. The zero-order valence-electron chi connectivity index (χ0n) is 11.8. The van der Waals surface area contributed by atoms with Gasteiger partial charge in [-0.3, -0.25) is 19.9 Å². The molecule has 1 saturated carbocycles. The summed E-state index contributed by atoms with van der Waals surface area (Å²) < 4.78 is 0. The number of carbonyl (C=O) groups excluding carboxylic acids is 1. The monoisotopic (exact) mass is 277 g/mol. The van der Waals surface area contributed by atoms with Crippen molar-refractivity contribution in [2.24, 2.45) is 5.92 Å². The van der Waals surface area contributed by atoms with Gasteiger partial charge in [0, 0.05) is 12.1 Å². The van der Waals surface area contributed by atoms with Crippen LogP contribution in [-0.4, -0.2) is 21.9 Å². The molecule has 0 bridgehead atoms. The van der Waals surface area contributed by atoms with Crippen molar-refractivity contribution in [2.75, 3.05) is 0 Å².